The lowest BCUT2D eigenvalue weighted by atomic mass is 9.97. The lowest BCUT2D eigenvalue weighted by molar-refractivity contribution is 0.0702. The zero-order chi connectivity index (χ0) is 27.4. The fourth-order valence-corrected chi connectivity index (χ4v) is 4.58. The number of imidazole rings is 1. The van der Waals surface area contributed by atoms with Crippen LogP contribution in [-0.4, -0.2) is 32.7 Å². The van der Waals surface area contributed by atoms with Crippen LogP contribution in [0.2, 0.25) is 0 Å². The molecule has 1 N–H and O–H groups in total. The van der Waals surface area contributed by atoms with Gasteiger partial charge in [0.15, 0.2) is 0 Å². The highest BCUT2D eigenvalue weighted by molar-refractivity contribution is 7.15. The third-order valence-electron chi connectivity index (χ3n) is 5.63. The fourth-order valence-electron chi connectivity index (χ4n) is 3.59. The van der Waals surface area contributed by atoms with E-state index in [0.717, 1.165) is 29.0 Å². The molecule has 0 unspecified atom stereocenters. The number of carbonyl (C=O) groups is 1. The molecule has 0 fully saturated rings. The van der Waals surface area contributed by atoms with Gasteiger partial charge in [0.1, 0.15) is 4.88 Å². The Kier molecular flexibility index (Phi) is 11.8. The molecule has 0 amide bonds. The van der Waals surface area contributed by atoms with Crippen LogP contribution in [0.5, 0.6) is 5.88 Å². The Morgan fingerprint density at radius 2 is 1.86 bits per heavy atom. The van der Waals surface area contributed by atoms with Crippen LogP contribution in [0, 0.1) is 13.8 Å². The van der Waals surface area contributed by atoms with Crippen molar-refractivity contribution in [1.82, 2.24) is 14.5 Å². The average molecular weight is 520 g/mol. The molecule has 6 nitrogen and oxygen atoms in total. The molecule has 0 aliphatic rings. The summed E-state index contributed by atoms with van der Waals surface area (Å²) in [6, 6.07) is 12.0. The van der Waals surface area contributed by atoms with Crippen molar-refractivity contribution in [3.05, 3.63) is 93.3 Å². The largest absolute Gasteiger partial charge is 0.481 e. The Labute approximate surface area is 224 Å². The number of hydrogen-bond acceptors (Lipinski definition) is 5. The van der Waals surface area contributed by atoms with Crippen LogP contribution in [0.3, 0.4) is 0 Å². The van der Waals surface area contributed by atoms with Gasteiger partial charge in [-0.2, -0.15) is 0 Å². The van der Waals surface area contributed by atoms with Crippen LogP contribution in [0.1, 0.15) is 70.9 Å². The number of carboxylic acid groups (broad SMARTS) is 1. The number of thiophene rings is 1. The minimum Gasteiger partial charge on any atom is -0.481 e. The van der Waals surface area contributed by atoms with Crippen LogP contribution in [0.15, 0.2) is 61.3 Å². The second-order valence-electron chi connectivity index (χ2n) is 8.02. The monoisotopic (exact) mass is 519 g/mol. The number of allylic oxidation sites excluding steroid dienone is 1. The lowest BCUT2D eigenvalue weighted by Gasteiger charge is -2.12. The number of hydrogen-bond donors (Lipinski definition) is 1. The van der Waals surface area contributed by atoms with Gasteiger partial charge in [0.05, 0.1) is 13.4 Å². The van der Waals surface area contributed by atoms with E-state index in [1.54, 1.807) is 25.7 Å². The summed E-state index contributed by atoms with van der Waals surface area (Å²) in [6.45, 7) is 12.3. The molecule has 1 aromatic carbocycles. The van der Waals surface area contributed by atoms with Gasteiger partial charge < -0.3 is 14.4 Å². The Morgan fingerprint density at radius 3 is 2.35 bits per heavy atom. The number of rotatable bonds is 7. The van der Waals surface area contributed by atoms with Gasteiger partial charge in [-0.3, -0.25) is 0 Å². The lowest BCUT2D eigenvalue weighted by Crippen LogP contribution is -1.94. The molecule has 0 saturated carbocycles. The smallest absolute Gasteiger partial charge is 0.345 e. The van der Waals surface area contributed by atoms with Crippen molar-refractivity contribution in [2.24, 2.45) is 0 Å². The summed E-state index contributed by atoms with van der Waals surface area (Å²) in [7, 11) is 1.62. The van der Waals surface area contributed by atoms with E-state index in [2.05, 4.69) is 55.0 Å². The summed E-state index contributed by atoms with van der Waals surface area (Å²) in [4.78, 5) is 20.7. The zero-order valence-electron chi connectivity index (χ0n) is 22.8. The average Bonchev–Trinajstić information content (AvgIpc) is 3.59. The van der Waals surface area contributed by atoms with Gasteiger partial charge in [0.2, 0.25) is 5.88 Å². The number of nitrogens with zero attached hydrogens (tertiary/aromatic N) is 3. The van der Waals surface area contributed by atoms with Crippen molar-refractivity contribution in [3.8, 4) is 11.6 Å². The van der Waals surface area contributed by atoms with Crippen molar-refractivity contribution >= 4 is 29.0 Å². The third kappa shape index (κ3) is 8.15. The van der Waals surface area contributed by atoms with Gasteiger partial charge in [-0.15, -0.1) is 11.3 Å². The van der Waals surface area contributed by atoms with E-state index < -0.39 is 5.97 Å². The van der Waals surface area contributed by atoms with Crippen molar-refractivity contribution in [1.29, 1.82) is 0 Å². The summed E-state index contributed by atoms with van der Waals surface area (Å²) in [5.74, 6) is -0.191. The van der Waals surface area contributed by atoms with E-state index in [4.69, 9.17) is 4.74 Å². The maximum atomic E-state index is 11.2. The molecule has 0 bridgehead atoms. The molecule has 0 saturated heterocycles. The first-order valence-corrected chi connectivity index (χ1v) is 13.3. The number of benzene rings is 1. The van der Waals surface area contributed by atoms with Crippen molar-refractivity contribution in [3.63, 3.8) is 0 Å². The molecular weight excluding hydrogens is 482 g/mol. The fraction of sp³-hybridized carbons (Fsp3) is 0.300. The van der Waals surface area contributed by atoms with Crippen LogP contribution < -0.4 is 4.74 Å². The van der Waals surface area contributed by atoms with Crippen LogP contribution in [0.25, 0.3) is 17.3 Å². The number of ether oxygens (including phenoxy) is 1. The van der Waals surface area contributed by atoms with Gasteiger partial charge in [0, 0.05) is 35.2 Å². The predicted molar refractivity (Wildman–Crippen MR) is 154 cm³/mol. The number of aryl methyl sites for hydroxylation is 3. The van der Waals surface area contributed by atoms with E-state index in [-0.39, 0.29) is 0 Å². The van der Waals surface area contributed by atoms with Crippen LogP contribution in [0.4, 0.5) is 0 Å². The molecule has 196 valence electrons. The first-order valence-electron chi connectivity index (χ1n) is 12.5. The van der Waals surface area contributed by atoms with E-state index in [1.807, 2.05) is 49.9 Å². The van der Waals surface area contributed by atoms with E-state index in [1.165, 1.54) is 33.6 Å². The van der Waals surface area contributed by atoms with Crippen LogP contribution in [-0.2, 0) is 6.42 Å². The predicted octanol–water partition coefficient (Wildman–Crippen LogP) is 7.88. The quantitative estimate of drug-likeness (QED) is 0.269. The number of methoxy groups -OCH3 is 1. The Bertz CT molecular complexity index is 1270. The first kappa shape index (κ1) is 29.5. The maximum absolute atomic E-state index is 11.2. The van der Waals surface area contributed by atoms with Crippen molar-refractivity contribution < 1.29 is 14.6 Å². The molecular formula is C30H37N3O3S. The molecule has 7 heteroatoms. The minimum atomic E-state index is -0.869. The second-order valence-corrected chi connectivity index (χ2v) is 9.10. The van der Waals surface area contributed by atoms with E-state index in [9.17, 15) is 9.90 Å². The number of aromatic carboxylic acids is 1. The second kappa shape index (κ2) is 14.8. The van der Waals surface area contributed by atoms with E-state index in [0.29, 0.717) is 10.8 Å². The molecule has 0 aliphatic heterocycles. The number of aromatic nitrogens is 3. The van der Waals surface area contributed by atoms with Gasteiger partial charge in [0.25, 0.3) is 0 Å². The maximum Gasteiger partial charge on any atom is 0.345 e. The summed E-state index contributed by atoms with van der Waals surface area (Å²) in [5.41, 5.74) is 6.90. The van der Waals surface area contributed by atoms with Gasteiger partial charge in [-0.25, -0.2) is 14.8 Å². The standard InChI is InChI=1S/C20H20N2O2S.C8H11NO.C2H6/c1-4-15(11-18-14(3)10-19(25-18)20(23)24)17-6-5-16(9-13(17)2)22-8-7-21-12-22;1-3-7-4-5-8(10-2)9-6-7;1-2/h5-12H,4H2,1-3H3,(H,23,24);4-6H,3H2,1-2H3;1-2H3/b15-11+;;. The Morgan fingerprint density at radius 1 is 1.11 bits per heavy atom. The molecule has 0 spiro atoms. The highest BCUT2D eigenvalue weighted by Gasteiger charge is 2.12. The van der Waals surface area contributed by atoms with Crippen LogP contribution >= 0.6 is 11.3 Å². The minimum absolute atomic E-state index is 0.381. The first-order chi connectivity index (χ1) is 17.9. The molecule has 4 aromatic rings. The molecule has 3 aromatic heterocycles. The molecule has 0 aliphatic carbocycles. The highest BCUT2D eigenvalue weighted by atomic mass is 32.1. The molecule has 4 rings (SSSR count). The highest BCUT2D eigenvalue weighted by Crippen LogP contribution is 2.30. The van der Waals surface area contributed by atoms with Gasteiger partial charge >= 0.3 is 5.97 Å². The molecule has 37 heavy (non-hydrogen) atoms. The topological polar surface area (TPSA) is 77.2 Å². The van der Waals surface area contributed by atoms with Crippen molar-refractivity contribution in [2.75, 3.05) is 7.11 Å². The normalized spacial score (nSPS) is 10.6. The summed E-state index contributed by atoms with van der Waals surface area (Å²) in [5, 5.41) is 9.18. The third-order valence-corrected chi connectivity index (χ3v) is 6.80. The summed E-state index contributed by atoms with van der Waals surface area (Å²) < 4.78 is 6.88. The Balaban J connectivity index is 0.000000336. The molecule has 0 radical (unpaired) electrons. The van der Waals surface area contributed by atoms with Crippen molar-refractivity contribution in [2.45, 2.75) is 54.4 Å². The zero-order valence-corrected chi connectivity index (χ0v) is 23.6. The number of pyridine rings is 1. The van der Waals surface area contributed by atoms with E-state index >= 15 is 0 Å². The molecule has 0 atom stereocenters. The van der Waals surface area contributed by atoms with Gasteiger partial charge in [-0.1, -0.05) is 39.8 Å². The number of carboxylic acids is 1. The van der Waals surface area contributed by atoms with Gasteiger partial charge in [-0.05, 0) is 78.8 Å². The summed E-state index contributed by atoms with van der Waals surface area (Å²) >= 11 is 1.32. The SMILES string of the molecule is CC.CC/C(=C\c1sc(C(=O)O)cc1C)c1ccc(-n2ccnc2)cc1C.CCc1ccc(OC)nc1. The molecule has 3 heterocycles. The summed E-state index contributed by atoms with van der Waals surface area (Å²) in [6.07, 6.45) is 11.3. The Hall–Kier alpha value is -3.71.